The third kappa shape index (κ3) is 3.39. The summed E-state index contributed by atoms with van der Waals surface area (Å²) in [4.78, 5) is 11.8. The molecule has 0 radical (unpaired) electrons. The van der Waals surface area contributed by atoms with Crippen LogP contribution in [0.3, 0.4) is 0 Å². The summed E-state index contributed by atoms with van der Waals surface area (Å²) in [5.41, 5.74) is 6.97. The van der Waals surface area contributed by atoms with Gasteiger partial charge in [0, 0.05) is 5.57 Å². The second-order valence-electron chi connectivity index (χ2n) is 6.04. The van der Waals surface area contributed by atoms with E-state index in [1.807, 2.05) is 44.2 Å². The Morgan fingerprint density at radius 1 is 1.25 bits per heavy atom. The van der Waals surface area contributed by atoms with Gasteiger partial charge in [0.25, 0.3) is 5.91 Å². The summed E-state index contributed by atoms with van der Waals surface area (Å²) in [6.07, 6.45) is 1.90. The third-order valence-electron chi connectivity index (χ3n) is 3.18. The molecule has 0 atom stereocenters. The summed E-state index contributed by atoms with van der Waals surface area (Å²) in [6, 6.07) is 7.79. The number of hydrogen-bond acceptors (Lipinski definition) is 3. The summed E-state index contributed by atoms with van der Waals surface area (Å²) in [7, 11) is 0. The molecule has 2 rings (SSSR count). The van der Waals surface area contributed by atoms with Crippen molar-refractivity contribution in [1.82, 2.24) is 10.9 Å². The summed E-state index contributed by atoms with van der Waals surface area (Å²) >= 11 is 0. The lowest BCUT2D eigenvalue weighted by Crippen LogP contribution is -2.38. The van der Waals surface area contributed by atoms with Gasteiger partial charge >= 0.3 is 0 Å². The van der Waals surface area contributed by atoms with Gasteiger partial charge in [-0.05, 0) is 43.5 Å². The molecule has 0 bridgehead atoms. The topological polar surface area (TPSA) is 50.4 Å². The fourth-order valence-electron chi connectivity index (χ4n) is 1.97. The number of ether oxygens (including phenoxy) is 1. The molecular formula is C16H22N2O2. The van der Waals surface area contributed by atoms with E-state index in [4.69, 9.17) is 4.74 Å². The SMILES string of the molecule is CC(C)COc1ccc(/C=C2\C(=O)NNC2(C)C)cc1. The van der Waals surface area contributed by atoms with Gasteiger partial charge in [-0.15, -0.1) is 0 Å². The average Bonchev–Trinajstić information content (AvgIpc) is 2.65. The van der Waals surface area contributed by atoms with Crippen LogP contribution in [0.1, 0.15) is 33.3 Å². The van der Waals surface area contributed by atoms with E-state index < -0.39 is 0 Å². The Hall–Kier alpha value is -1.81. The highest BCUT2D eigenvalue weighted by Gasteiger charge is 2.34. The molecule has 1 aliphatic rings. The quantitative estimate of drug-likeness (QED) is 0.830. The van der Waals surface area contributed by atoms with Crippen molar-refractivity contribution < 1.29 is 9.53 Å². The number of carbonyl (C=O) groups is 1. The summed E-state index contributed by atoms with van der Waals surface area (Å²) in [5, 5.41) is 0. The largest absolute Gasteiger partial charge is 0.493 e. The molecule has 0 aromatic heterocycles. The summed E-state index contributed by atoms with van der Waals surface area (Å²) in [6.45, 7) is 8.88. The second-order valence-corrected chi connectivity index (χ2v) is 6.04. The van der Waals surface area contributed by atoms with Crippen molar-refractivity contribution in [2.24, 2.45) is 5.92 Å². The summed E-state index contributed by atoms with van der Waals surface area (Å²) in [5.74, 6) is 1.29. The number of hydrazine groups is 1. The van der Waals surface area contributed by atoms with Crippen molar-refractivity contribution >= 4 is 12.0 Å². The molecule has 0 aliphatic carbocycles. The molecule has 1 heterocycles. The Morgan fingerprint density at radius 3 is 2.40 bits per heavy atom. The van der Waals surface area contributed by atoms with Crippen LogP contribution >= 0.6 is 0 Å². The molecule has 2 N–H and O–H groups in total. The van der Waals surface area contributed by atoms with Crippen molar-refractivity contribution in [1.29, 1.82) is 0 Å². The minimum Gasteiger partial charge on any atom is -0.493 e. The van der Waals surface area contributed by atoms with E-state index in [0.29, 0.717) is 12.5 Å². The fourth-order valence-corrected chi connectivity index (χ4v) is 1.97. The van der Waals surface area contributed by atoms with Gasteiger partial charge in [-0.2, -0.15) is 0 Å². The minimum atomic E-state index is -0.357. The van der Waals surface area contributed by atoms with Crippen molar-refractivity contribution in [2.75, 3.05) is 6.61 Å². The predicted octanol–water partition coefficient (Wildman–Crippen LogP) is 2.52. The van der Waals surface area contributed by atoms with Crippen molar-refractivity contribution in [3.05, 3.63) is 35.4 Å². The van der Waals surface area contributed by atoms with Crippen LogP contribution < -0.4 is 15.6 Å². The highest BCUT2D eigenvalue weighted by Crippen LogP contribution is 2.23. The number of benzene rings is 1. The minimum absolute atomic E-state index is 0.0739. The average molecular weight is 274 g/mol. The number of hydrogen-bond donors (Lipinski definition) is 2. The van der Waals surface area contributed by atoms with E-state index in [2.05, 4.69) is 24.7 Å². The van der Waals surface area contributed by atoms with Crippen LogP contribution in [0.4, 0.5) is 0 Å². The molecule has 1 fully saturated rings. The molecule has 1 aromatic carbocycles. The van der Waals surface area contributed by atoms with Gasteiger partial charge in [-0.1, -0.05) is 26.0 Å². The Morgan fingerprint density at radius 2 is 1.90 bits per heavy atom. The molecule has 0 spiro atoms. The molecule has 1 saturated heterocycles. The van der Waals surface area contributed by atoms with Crippen molar-refractivity contribution in [2.45, 2.75) is 33.2 Å². The van der Waals surface area contributed by atoms with Crippen LogP contribution in [0, 0.1) is 5.92 Å². The van der Waals surface area contributed by atoms with Gasteiger partial charge in [0.15, 0.2) is 0 Å². The van der Waals surface area contributed by atoms with Crippen molar-refractivity contribution in [3.63, 3.8) is 0 Å². The van der Waals surface area contributed by atoms with Crippen LogP contribution in [0.25, 0.3) is 6.08 Å². The van der Waals surface area contributed by atoms with Gasteiger partial charge < -0.3 is 4.74 Å². The van der Waals surface area contributed by atoms with Gasteiger partial charge in [0.1, 0.15) is 5.75 Å². The van der Waals surface area contributed by atoms with E-state index in [1.54, 1.807) is 0 Å². The molecule has 4 heteroatoms. The van der Waals surface area contributed by atoms with Gasteiger partial charge in [-0.3, -0.25) is 10.2 Å². The van der Waals surface area contributed by atoms with Gasteiger partial charge in [0.05, 0.1) is 12.1 Å². The number of nitrogens with one attached hydrogen (secondary N) is 2. The van der Waals surface area contributed by atoms with Crippen LogP contribution in [0.5, 0.6) is 5.75 Å². The summed E-state index contributed by atoms with van der Waals surface area (Å²) < 4.78 is 5.64. The maximum Gasteiger partial charge on any atom is 0.263 e. The van der Waals surface area contributed by atoms with Crippen LogP contribution in [0.15, 0.2) is 29.8 Å². The highest BCUT2D eigenvalue weighted by molar-refractivity contribution is 6.01. The van der Waals surface area contributed by atoms with Crippen LogP contribution in [-0.4, -0.2) is 18.1 Å². The molecule has 20 heavy (non-hydrogen) atoms. The zero-order chi connectivity index (χ0) is 14.8. The maximum atomic E-state index is 11.8. The lowest BCUT2D eigenvalue weighted by Gasteiger charge is -2.17. The smallest absolute Gasteiger partial charge is 0.263 e. The molecule has 1 amide bonds. The monoisotopic (exact) mass is 274 g/mol. The lowest BCUT2D eigenvalue weighted by atomic mass is 9.94. The zero-order valence-electron chi connectivity index (χ0n) is 12.5. The molecule has 1 aliphatic heterocycles. The third-order valence-corrected chi connectivity index (χ3v) is 3.18. The predicted molar refractivity (Wildman–Crippen MR) is 80.1 cm³/mol. The van der Waals surface area contributed by atoms with E-state index in [1.165, 1.54) is 0 Å². The Kier molecular flexibility index (Phi) is 4.14. The van der Waals surface area contributed by atoms with Gasteiger partial charge in [-0.25, -0.2) is 5.43 Å². The Balaban J connectivity index is 2.12. The highest BCUT2D eigenvalue weighted by atomic mass is 16.5. The van der Waals surface area contributed by atoms with Crippen LogP contribution in [0.2, 0.25) is 0 Å². The molecule has 108 valence electrons. The first kappa shape index (κ1) is 14.6. The number of carbonyl (C=O) groups excluding carboxylic acids is 1. The van der Waals surface area contributed by atoms with Crippen molar-refractivity contribution in [3.8, 4) is 5.75 Å². The Labute approximate surface area is 120 Å². The second kappa shape index (κ2) is 5.67. The normalized spacial score (nSPS) is 19.4. The lowest BCUT2D eigenvalue weighted by molar-refractivity contribution is -0.116. The molecule has 4 nitrogen and oxygen atoms in total. The van der Waals surface area contributed by atoms with Crippen LogP contribution in [-0.2, 0) is 4.79 Å². The first-order valence-electron chi connectivity index (χ1n) is 6.91. The Bertz CT molecular complexity index is 516. The van der Waals surface area contributed by atoms with E-state index in [-0.39, 0.29) is 11.4 Å². The first-order chi connectivity index (χ1) is 9.38. The molecule has 1 aromatic rings. The van der Waals surface area contributed by atoms with E-state index in [9.17, 15) is 4.79 Å². The zero-order valence-corrected chi connectivity index (χ0v) is 12.5. The van der Waals surface area contributed by atoms with E-state index in [0.717, 1.165) is 16.9 Å². The maximum absolute atomic E-state index is 11.8. The number of rotatable bonds is 4. The molecule has 0 unspecified atom stereocenters. The molecular weight excluding hydrogens is 252 g/mol. The number of amides is 1. The van der Waals surface area contributed by atoms with E-state index >= 15 is 0 Å². The standard InChI is InChI=1S/C16H22N2O2/c1-11(2)10-20-13-7-5-12(6-8-13)9-14-15(19)17-18-16(14,3)4/h5-9,11,18H,10H2,1-4H3,(H,17,19)/b14-9+. The fraction of sp³-hybridized carbons (Fsp3) is 0.438. The first-order valence-corrected chi connectivity index (χ1v) is 6.91. The van der Waals surface area contributed by atoms with Gasteiger partial charge in [0.2, 0.25) is 0 Å². The molecule has 0 saturated carbocycles.